The molecule has 0 spiro atoms. The lowest BCUT2D eigenvalue weighted by Gasteiger charge is -2.35. The van der Waals surface area contributed by atoms with Gasteiger partial charge in [-0.25, -0.2) is 4.98 Å². The van der Waals surface area contributed by atoms with Gasteiger partial charge in [0.05, 0.1) is 16.3 Å². The second-order valence-electron chi connectivity index (χ2n) is 8.32. The molecule has 1 atom stereocenters. The van der Waals surface area contributed by atoms with E-state index in [0.29, 0.717) is 30.2 Å². The average Bonchev–Trinajstić information content (AvgIpc) is 2.73. The minimum Gasteiger partial charge on any atom is -0.370 e. The quantitative estimate of drug-likeness (QED) is 0.542. The maximum atomic E-state index is 12.9. The number of nitrogens with one attached hydrogen (secondary N) is 1. The first kappa shape index (κ1) is 24.0. The summed E-state index contributed by atoms with van der Waals surface area (Å²) >= 11 is 6.15. The molecule has 0 saturated carbocycles. The largest absolute Gasteiger partial charge is 0.416 e. The van der Waals surface area contributed by atoms with Crippen molar-refractivity contribution in [3.8, 4) is 0 Å². The number of piperidine rings is 1. The highest BCUT2D eigenvalue weighted by molar-refractivity contribution is 6.33. The van der Waals surface area contributed by atoms with E-state index in [1.54, 1.807) is 26.0 Å². The molecule has 1 N–H and O–H groups in total. The molecule has 0 aliphatic carbocycles. The molecule has 172 valence electrons. The van der Waals surface area contributed by atoms with Gasteiger partial charge in [0, 0.05) is 37.2 Å². The van der Waals surface area contributed by atoms with Gasteiger partial charge < -0.3 is 10.2 Å². The summed E-state index contributed by atoms with van der Waals surface area (Å²) in [5.74, 6) is -0.0921. The van der Waals surface area contributed by atoms with Gasteiger partial charge in [-0.2, -0.15) is 13.2 Å². The predicted molar refractivity (Wildman–Crippen MR) is 118 cm³/mol. The van der Waals surface area contributed by atoms with Crippen LogP contribution in [-0.4, -0.2) is 29.8 Å². The number of hydrogen-bond donors (Lipinski definition) is 1. The van der Waals surface area contributed by atoms with E-state index in [-0.39, 0.29) is 35.0 Å². The molecular formula is C23H25ClF3N3O2. The summed E-state index contributed by atoms with van der Waals surface area (Å²) in [5, 5.41) is 2.73. The number of carbonyl (C=O) groups is 2. The SMILES string of the molecule is CC(C)C(=O)Nc1cc(C(=O)C[C@@H]2CCCN(c3ccc(C(F)(F)F)cc3Cl)C2)ccn1. The van der Waals surface area contributed by atoms with Gasteiger partial charge >= 0.3 is 6.18 Å². The maximum absolute atomic E-state index is 12.9. The van der Waals surface area contributed by atoms with Crippen molar-refractivity contribution in [3.63, 3.8) is 0 Å². The summed E-state index contributed by atoms with van der Waals surface area (Å²) < 4.78 is 38.7. The molecule has 1 saturated heterocycles. The third-order valence-corrected chi connectivity index (χ3v) is 5.77. The Bertz CT molecular complexity index is 995. The van der Waals surface area contributed by atoms with Gasteiger partial charge in [0.15, 0.2) is 5.78 Å². The molecular weight excluding hydrogens is 443 g/mol. The first-order valence-electron chi connectivity index (χ1n) is 10.5. The zero-order chi connectivity index (χ0) is 23.5. The number of benzene rings is 1. The number of aromatic nitrogens is 1. The highest BCUT2D eigenvalue weighted by atomic mass is 35.5. The fourth-order valence-corrected chi connectivity index (χ4v) is 4.01. The van der Waals surface area contributed by atoms with Gasteiger partial charge in [0.1, 0.15) is 5.82 Å². The number of pyridine rings is 1. The molecule has 3 rings (SSSR count). The molecule has 1 aliphatic rings. The summed E-state index contributed by atoms with van der Waals surface area (Å²) in [6.45, 7) is 4.72. The number of anilines is 2. The van der Waals surface area contributed by atoms with Crippen molar-refractivity contribution >= 4 is 34.8 Å². The number of ketones is 1. The van der Waals surface area contributed by atoms with Crippen LogP contribution in [0.1, 0.15) is 49.0 Å². The lowest BCUT2D eigenvalue weighted by molar-refractivity contribution is -0.137. The third kappa shape index (κ3) is 6.00. The molecule has 1 fully saturated rings. The second kappa shape index (κ2) is 9.90. The van der Waals surface area contributed by atoms with Crippen LogP contribution < -0.4 is 10.2 Å². The number of halogens is 4. The second-order valence-corrected chi connectivity index (χ2v) is 8.73. The van der Waals surface area contributed by atoms with Crippen molar-refractivity contribution in [2.45, 2.75) is 39.3 Å². The van der Waals surface area contributed by atoms with Gasteiger partial charge in [-0.1, -0.05) is 25.4 Å². The maximum Gasteiger partial charge on any atom is 0.416 e. The average molecular weight is 468 g/mol. The molecule has 0 unspecified atom stereocenters. The lowest BCUT2D eigenvalue weighted by Crippen LogP contribution is -2.36. The number of Topliss-reactive ketones (excluding diaryl/α,β-unsaturated/α-hetero) is 1. The minimum absolute atomic E-state index is 0.0384. The topological polar surface area (TPSA) is 62.3 Å². The van der Waals surface area contributed by atoms with Crippen molar-refractivity contribution in [3.05, 3.63) is 52.7 Å². The van der Waals surface area contributed by atoms with E-state index in [0.717, 1.165) is 25.0 Å². The number of hydrogen-bond acceptors (Lipinski definition) is 4. The van der Waals surface area contributed by atoms with Crippen LogP contribution in [0.3, 0.4) is 0 Å². The highest BCUT2D eigenvalue weighted by Crippen LogP contribution is 2.36. The van der Waals surface area contributed by atoms with Crippen molar-refractivity contribution in [2.24, 2.45) is 11.8 Å². The Balaban J connectivity index is 1.66. The monoisotopic (exact) mass is 467 g/mol. The van der Waals surface area contributed by atoms with Gasteiger partial charge in [0.2, 0.25) is 5.91 Å². The molecule has 1 aromatic carbocycles. The van der Waals surface area contributed by atoms with Gasteiger partial charge in [-0.3, -0.25) is 9.59 Å². The number of rotatable bonds is 6. The Morgan fingerprint density at radius 3 is 2.66 bits per heavy atom. The van der Waals surface area contributed by atoms with E-state index >= 15 is 0 Å². The van der Waals surface area contributed by atoms with E-state index in [2.05, 4.69) is 10.3 Å². The smallest absolute Gasteiger partial charge is 0.370 e. The standard InChI is InChI=1S/C23H25ClF3N3O2/c1-14(2)22(32)29-21-11-16(7-8-28-21)20(31)10-15-4-3-9-30(13-15)19-6-5-17(12-18(19)24)23(25,26)27/h5-8,11-12,14-15H,3-4,9-10,13H2,1-2H3,(H,28,29,32)/t15-/m0/s1. The molecule has 0 bridgehead atoms. The van der Waals surface area contributed by atoms with E-state index in [1.807, 2.05) is 4.90 Å². The Hall–Kier alpha value is -2.61. The van der Waals surface area contributed by atoms with E-state index in [9.17, 15) is 22.8 Å². The Morgan fingerprint density at radius 1 is 1.25 bits per heavy atom. The van der Waals surface area contributed by atoms with Gasteiger partial charge in [-0.05, 0) is 49.1 Å². The van der Waals surface area contributed by atoms with Crippen molar-refractivity contribution < 1.29 is 22.8 Å². The van der Waals surface area contributed by atoms with Crippen molar-refractivity contribution in [1.29, 1.82) is 0 Å². The molecule has 1 aliphatic heterocycles. The first-order chi connectivity index (χ1) is 15.0. The Labute approximate surface area is 190 Å². The van der Waals surface area contributed by atoms with Crippen LogP contribution in [0, 0.1) is 11.8 Å². The molecule has 1 amide bonds. The Kier molecular flexibility index (Phi) is 7.44. The zero-order valence-corrected chi connectivity index (χ0v) is 18.6. The summed E-state index contributed by atoms with van der Waals surface area (Å²) in [7, 11) is 0. The van der Waals surface area contributed by atoms with Gasteiger partial charge in [0.25, 0.3) is 0 Å². The fourth-order valence-electron chi connectivity index (χ4n) is 3.71. The van der Waals surface area contributed by atoms with E-state index in [1.165, 1.54) is 12.3 Å². The zero-order valence-electron chi connectivity index (χ0n) is 17.9. The highest BCUT2D eigenvalue weighted by Gasteiger charge is 2.32. The number of amides is 1. The molecule has 2 aromatic rings. The van der Waals surface area contributed by atoms with E-state index < -0.39 is 11.7 Å². The van der Waals surface area contributed by atoms with Crippen LogP contribution in [0.25, 0.3) is 0 Å². The van der Waals surface area contributed by atoms with Crippen molar-refractivity contribution in [1.82, 2.24) is 4.98 Å². The van der Waals surface area contributed by atoms with Crippen LogP contribution in [0.2, 0.25) is 5.02 Å². The van der Waals surface area contributed by atoms with Crippen LogP contribution in [0.5, 0.6) is 0 Å². The summed E-state index contributed by atoms with van der Waals surface area (Å²) in [6.07, 6.45) is -1.03. The predicted octanol–water partition coefficient (Wildman–Crippen LogP) is 5.84. The summed E-state index contributed by atoms with van der Waals surface area (Å²) in [5.41, 5.74) is 0.219. The first-order valence-corrected chi connectivity index (χ1v) is 10.8. The molecule has 5 nitrogen and oxygen atoms in total. The fraction of sp³-hybridized carbons (Fsp3) is 0.435. The third-order valence-electron chi connectivity index (χ3n) is 5.47. The number of carbonyl (C=O) groups excluding carboxylic acids is 2. The normalized spacial score (nSPS) is 16.8. The summed E-state index contributed by atoms with van der Waals surface area (Å²) in [4.78, 5) is 30.7. The minimum atomic E-state index is -4.45. The van der Waals surface area contributed by atoms with Gasteiger partial charge in [-0.15, -0.1) is 0 Å². The van der Waals surface area contributed by atoms with Crippen LogP contribution in [0.4, 0.5) is 24.7 Å². The number of alkyl halides is 3. The molecule has 1 aromatic heterocycles. The molecule has 0 radical (unpaired) electrons. The van der Waals surface area contributed by atoms with Crippen LogP contribution in [0.15, 0.2) is 36.5 Å². The summed E-state index contributed by atoms with van der Waals surface area (Å²) in [6, 6.07) is 6.54. The van der Waals surface area contributed by atoms with E-state index in [4.69, 9.17) is 11.6 Å². The molecule has 32 heavy (non-hydrogen) atoms. The molecule has 9 heteroatoms. The van der Waals surface area contributed by atoms with Crippen molar-refractivity contribution in [2.75, 3.05) is 23.3 Å². The van der Waals surface area contributed by atoms with Crippen LogP contribution >= 0.6 is 11.6 Å². The Morgan fingerprint density at radius 2 is 2.00 bits per heavy atom. The number of nitrogens with zero attached hydrogens (tertiary/aromatic N) is 2. The van der Waals surface area contributed by atoms with Crippen LogP contribution in [-0.2, 0) is 11.0 Å². The lowest BCUT2D eigenvalue weighted by atomic mass is 9.90. The molecule has 2 heterocycles.